The normalized spacial score (nSPS) is 15.7. The fraction of sp³-hybridized carbons (Fsp3) is 1.00. The van der Waals surface area contributed by atoms with Crippen LogP contribution in [0.25, 0.3) is 0 Å². The predicted molar refractivity (Wildman–Crippen MR) is 88.3 cm³/mol. The Morgan fingerprint density at radius 2 is 1.26 bits per heavy atom. The summed E-state index contributed by atoms with van der Waals surface area (Å²) in [6.45, 7) is 6.77. The van der Waals surface area contributed by atoms with Gasteiger partial charge in [-0.2, -0.15) is 0 Å². The number of rotatable bonds is 11. The van der Waals surface area contributed by atoms with Crippen molar-refractivity contribution in [3.8, 4) is 0 Å². The lowest BCUT2D eigenvalue weighted by atomic mass is 10.1. The monoisotopic (exact) mass is 359 g/mol. The lowest BCUT2D eigenvalue weighted by Crippen LogP contribution is -2.45. The molecule has 3 atom stereocenters. The molecule has 0 saturated carbocycles. The molecule has 0 aliphatic rings. The van der Waals surface area contributed by atoms with Gasteiger partial charge in [-0.05, 0) is 27.2 Å². The minimum absolute atomic E-state index is 0.163. The van der Waals surface area contributed by atoms with Crippen molar-refractivity contribution in [1.82, 2.24) is 4.90 Å². The summed E-state index contributed by atoms with van der Waals surface area (Å²) in [5.74, 6) is 0. The van der Waals surface area contributed by atoms with E-state index >= 15 is 0 Å². The Labute approximate surface area is 139 Å². The average molecular weight is 359 g/mol. The Morgan fingerprint density at radius 1 is 0.870 bits per heavy atom. The molecule has 0 bridgehead atoms. The van der Waals surface area contributed by atoms with Gasteiger partial charge in [0.2, 0.25) is 0 Å². The van der Waals surface area contributed by atoms with E-state index in [4.69, 9.17) is 25.1 Å². The predicted octanol–water partition coefficient (Wildman–Crippen LogP) is 1.76. The van der Waals surface area contributed by atoms with Crippen LogP contribution < -0.4 is 0 Å². The highest BCUT2D eigenvalue weighted by Crippen LogP contribution is 2.35. The van der Waals surface area contributed by atoms with Gasteiger partial charge in [-0.15, -0.1) is 0 Å². The van der Waals surface area contributed by atoms with Gasteiger partial charge in [-0.3, -0.25) is 4.52 Å². The van der Waals surface area contributed by atoms with Crippen LogP contribution in [0, 0.1) is 0 Å². The van der Waals surface area contributed by atoms with Crippen LogP contribution >= 0.6 is 7.82 Å². The molecule has 0 aromatic carbocycles. The summed E-state index contributed by atoms with van der Waals surface area (Å²) in [7, 11) is -4.23. The third-order valence-electron chi connectivity index (χ3n) is 3.05. The van der Waals surface area contributed by atoms with Gasteiger partial charge in [0.05, 0.1) is 6.61 Å². The number of aliphatic hydroxyl groups is 3. The fourth-order valence-corrected chi connectivity index (χ4v) is 2.37. The quantitative estimate of drug-likeness (QED) is 0.214. The molecule has 8 nitrogen and oxygen atoms in total. The van der Waals surface area contributed by atoms with Crippen LogP contribution in [0.5, 0.6) is 0 Å². The second-order valence-corrected chi connectivity index (χ2v) is 6.67. The van der Waals surface area contributed by atoms with Gasteiger partial charge in [-0.25, -0.2) is 9.46 Å². The van der Waals surface area contributed by atoms with Crippen molar-refractivity contribution < 1.29 is 34.2 Å². The van der Waals surface area contributed by atoms with E-state index in [1.807, 2.05) is 0 Å². The van der Waals surface area contributed by atoms with Crippen LogP contribution in [0.15, 0.2) is 0 Å². The molecule has 0 aliphatic carbocycles. The maximum absolute atomic E-state index is 10.2. The highest BCUT2D eigenvalue weighted by Gasteiger charge is 2.20. The molecule has 0 spiro atoms. The molecular weight excluding hydrogens is 325 g/mol. The molecule has 0 rings (SSSR count). The molecule has 0 radical (unpaired) electrons. The molecule has 142 valence electrons. The van der Waals surface area contributed by atoms with Crippen molar-refractivity contribution in [1.29, 1.82) is 0 Å². The summed E-state index contributed by atoms with van der Waals surface area (Å²) < 4.78 is 14.5. The summed E-state index contributed by atoms with van der Waals surface area (Å²) in [5.41, 5.74) is 0. The van der Waals surface area contributed by atoms with E-state index in [2.05, 4.69) is 11.4 Å². The summed E-state index contributed by atoms with van der Waals surface area (Å²) >= 11 is 0. The first-order chi connectivity index (χ1) is 10.5. The van der Waals surface area contributed by atoms with Crippen LogP contribution in [0.4, 0.5) is 0 Å². The van der Waals surface area contributed by atoms with E-state index in [1.54, 1.807) is 0 Å². The van der Waals surface area contributed by atoms with Crippen molar-refractivity contribution in [3.63, 3.8) is 0 Å². The van der Waals surface area contributed by atoms with E-state index in [-0.39, 0.29) is 6.61 Å². The number of unbranched alkanes of at least 4 members (excludes halogenated alkanes) is 5. The maximum Gasteiger partial charge on any atom is 0.469 e. The summed E-state index contributed by atoms with van der Waals surface area (Å²) in [6.07, 6.45) is 3.98. The molecular formula is C14H34NO7P. The minimum Gasteiger partial charge on any atom is -0.379 e. The van der Waals surface area contributed by atoms with Crippen LogP contribution in [0.3, 0.4) is 0 Å². The number of phosphoric acid groups is 1. The maximum atomic E-state index is 10.2. The molecule has 0 amide bonds. The topological polar surface area (TPSA) is 131 Å². The van der Waals surface area contributed by atoms with Crippen molar-refractivity contribution in [3.05, 3.63) is 0 Å². The highest BCUT2D eigenvalue weighted by atomic mass is 31.2. The average Bonchev–Trinajstić information content (AvgIpc) is 2.35. The second kappa shape index (κ2) is 14.3. The molecule has 0 fully saturated rings. The van der Waals surface area contributed by atoms with E-state index in [0.29, 0.717) is 0 Å². The lowest BCUT2D eigenvalue weighted by Gasteiger charge is -2.30. The Hall–Kier alpha value is -0.0500. The minimum atomic E-state index is -4.23. The Balaban J connectivity index is 0. The van der Waals surface area contributed by atoms with Gasteiger partial charge in [-0.1, -0.05) is 39.0 Å². The van der Waals surface area contributed by atoms with E-state index < -0.39 is 26.5 Å². The highest BCUT2D eigenvalue weighted by molar-refractivity contribution is 7.46. The largest absolute Gasteiger partial charge is 0.469 e. The molecule has 0 heterocycles. The number of phosphoric ester groups is 1. The van der Waals surface area contributed by atoms with Crippen LogP contribution in [0.1, 0.15) is 66.2 Å². The van der Waals surface area contributed by atoms with Crippen molar-refractivity contribution in [2.45, 2.75) is 84.9 Å². The van der Waals surface area contributed by atoms with Gasteiger partial charge in [0, 0.05) is 0 Å². The van der Waals surface area contributed by atoms with Gasteiger partial charge in [0.15, 0.2) is 0 Å². The zero-order chi connectivity index (χ0) is 18.5. The number of hydrogen-bond donors (Lipinski definition) is 5. The number of aliphatic hydroxyl groups excluding tert-OH is 3. The summed E-state index contributed by atoms with van der Waals surface area (Å²) in [6, 6.07) is 0. The van der Waals surface area contributed by atoms with Crippen LogP contribution in [0.2, 0.25) is 0 Å². The Bertz CT molecular complexity index is 288. The molecule has 0 saturated heterocycles. The van der Waals surface area contributed by atoms with Crippen molar-refractivity contribution in [2.75, 3.05) is 6.61 Å². The van der Waals surface area contributed by atoms with Gasteiger partial charge in [0.1, 0.15) is 18.7 Å². The van der Waals surface area contributed by atoms with Gasteiger partial charge < -0.3 is 25.1 Å². The second-order valence-electron chi connectivity index (χ2n) is 5.43. The molecule has 5 N–H and O–H groups in total. The Morgan fingerprint density at radius 3 is 1.57 bits per heavy atom. The molecule has 23 heavy (non-hydrogen) atoms. The third-order valence-corrected chi connectivity index (χ3v) is 3.57. The van der Waals surface area contributed by atoms with Crippen LogP contribution in [-0.4, -0.2) is 55.3 Å². The van der Waals surface area contributed by atoms with Gasteiger partial charge >= 0.3 is 7.82 Å². The molecule has 0 aromatic rings. The standard InChI is InChI=1S/C8H19O4P.C6H15NO3/c1-2-3-4-5-6-7-8-12-13(9,10)11;1-4(8)7(5(2)9)6(3)10/h2-8H2,1H3,(H2,9,10,11);4-6,8-10H,1-3H3. The third kappa shape index (κ3) is 18.1. The number of nitrogens with zero attached hydrogens (tertiary/aromatic N) is 1. The summed E-state index contributed by atoms with van der Waals surface area (Å²) in [5, 5.41) is 26.9. The van der Waals surface area contributed by atoms with E-state index in [9.17, 15) is 4.57 Å². The Kier molecular flexibility index (Phi) is 15.7. The first-order valence-corrected chi connectivity index (χ1v) is 9.57. The lowest BCUT2D eigenvalue weighted by molar-refractivity contribution is -0.159. The molecule has 0 aliphatic heterocycles. The first-order valence-electron chi connectivity index (χ1n) is 8.04. The molecule has 9 heteroatoms. The SMILES string of the molecule is CC(O)N(C(C)O)C(C)O.CCCCCCCCOP(=O)(O)O. The molecule has 3 unspecified atom stereocenters. The first kappa shape index (κ1) is 25.2. The van der Waals surface area contributed by atoms with E-state index in [1.165, 1.54) is 44.9 Å². The number of hydrogen-bond acceptors (Lipinski definition) is 6. The van der Waals surface area contributed by atoms with Crippen molar-refractivity contribution in [2.24, 2.45) is 0 Å². The smallest absolute Gasteiger partial charge is 0.379 e. The van der Waals surface area contributed by atoms with E-state index in [0.717, 1.165) is 19.3 Å². The van der Waals surface area contributed by atoms with Gasteiger partial charge in [0.25, 0.3) is 0 Å². The summed E-state index contributed by atoms with van der Waals surface area (Å²) in [4.78, 5) is 17.9. The fourth-order valence-electron chi connectivity index (χ4n) is 2.00. The zero-order valence-corrected chi connectivity index (χ0v) is 15.5. The van der Waals surface area contributed by atoms with Crippen LogP contribution in [-0.2, 0) is 9.09 Å². The van der Waals surface area contributed by atoms with Crippen molar-refractivity contribution >= 4 is 7.82 Å². The molecule has 0 aromatic heterocycles. The zero-order valence-electron chi connectivity index (χ0n) is 14.6.